The van der Waals surface area contributed by atoms with Gasteiger partial charge in [0.05, 0.1) is 12.7 Å². The van der Waals surface area contributed by atoms with Crippen LogP contribution < -0.4 is 5.73 Å². The van der Waals surface area contributed by atoms with E-state index in [-0.39, 0.29) is 0 Å². The number of nitrogens with zero attached hydrogens (tertiary/aromatic N) is 3. The fourth-order valence-corrected chi connectivity index (χ4v) is 1.27. The lowest BCUT2D eigenvalue weighted by Crippen LogP contribution is -2.00. The monoisotopic (exact) mass is 188 g/mol. The van der Waals surface area contributed by atoms with E-state index in [0.29, 0.717) is 6.54 Å². The molecule has 2 aromatic heterocycles. The minimum absolute atomic E-state index is 0.538. The van der Waals surface area contributed by atoms with Gasteiger partial charge in [-0.2, -0.15) is 5.10 Å². The first kappa shape index (κ1) is 8.90. The fraction of sp³-hybridized carbons (Fsp3) is 0.200. The molecule has 0 saturated heterocycles. The Morgan fingerprint density at radius 3 is 2.64 bits per heavy atom. The lowest BCUT2D eigenvalue weighted by Gasteiger charge is -1.99. The molecule has 2 rings (SSSR count). The maximum atomic E-state index is 5.49. The average molecular weight is 188 g/mol. The molecule has 0 bridgehead atoms. The second kappa shape index (κ2) is 4.02. The van der Waals surface area contributed by atoms with Crippen molar-refractivity contribution < 1.29 is 0 Å². The molecule has 2 aromatic rings. The van der Waals surface area contributed by atoms with Gasteiger partial charge in [-0.15, -0.1) is 0 Å². The number of rotatable bonds is 3. The summed E-state index contributed by atoms with van der Waals surface area (Å²) in [6.07, 6.45) is 7.31. The maximum Gasteiger partial charge on any atom is 0.0660 e. The van der Waals surface area contributed by atoms with Crippen LogP contribution in [0.1, 0.15) is 11.1 Å². The molecule has 2 heterocycles. The summed E-state index contributed by atoms with van der Waals surface area (Å²) >= 11 is 0. The fourth-order valence-electron chi connectivity index (χ4n) is 1.27. The summed E-state index contributed by atoms with van der Waals surface area (Å²) in [6, 6.07) is 3.95. The first-order valence-corrected chi connectivity index (χ1v) is 4.49. The quantitative estimate of drug-likeness (QED) is 0.774. The number of aromatic nitrogens is 3. The molecule has 0 fully saturated rings. The summed E-state index contributed by atoms with van der Waals surface area (Å²) in [5, 5.41) is 4.20. The summed E-state index contributed by atoms with van der Waals surface area (Å²) in [4.78, 5) is 3.96. The Morgan fingerprint density at radius 2 is 2.00 bits per heavy atom. The summed E-state index contributed by atoms with van der Waals surface area (Å²) < 4.78 is 1.87. The van der Waals surface area contributed by atoms with Crippen LogP contribution in [0.25, 0.3) is 0 Å². The first-order valence-electron chi connectivity index (χ1n) is 4.49. The van der Waals surface area contributed by atoms with E-state index < -0.39 is 0 Å². The van der Waals surface area contributed by atoms with Gasteiger partial charge in [0.2, 0.25) is 0 Å². The molecule has 0 atom stereocenters. The van der Waals surface area contributed by atoms with Crippen molar-refractivity contribution in [1.29, 1.82) is 0 Å². The van der Waals surface area contributed by atoms with E-state index >= 15 is 0 Å². The Bertz CT molecular complexity index is 394. The van der Waals surface area contributed by atoms with Crippen LogP contribution in [0, 0.1) is 0 Å². The van der Waals surface area contributed by atoms with Crippen LogP contribution >= 0.6 is 0 Å². The number of pyridine rings is 1. The van der Waals surface area contributed by atoms with Crippen LogP contribution in [0.15, 0.2) is 36.9 Å². The smallest absolute Gasteiger partial charge is 0.0660 e. The molecule has 0 aliphatic carbocycles. The molecule has 0 radical (unpaired) electrons. The van der Waals surface area contributed by atoms with Crippen molar-refractivity contribution in [3.63, 3.8) is 0 Å². The summed E-state index contributed by atoms with van der Waals surface area (Å²) in [7, 11) is 0. The third kappa shape index (κ3) is 1.97. The SMILES string of the molecule is NCc1cnn(Cc2ccncc2)c1. The Balaban J connectivity index is 2.11. The molecule has 4 nitrogen and oxygen atoms in total. The van der Waals surface area contributed by atoms with E-state index in [1.54, 1.807) is 18.6 Å². The number of nitrogens with two attached hydrogens (primary N) is 1. The molecule has 72 valence electrons. The van der Waals surface area contributed by atoms with Crippen LogP contribution in [0.5, 0.6) is 0 Å². The topological polar surface area (TPSA) is 56.7 Å². The Kier molecular flexibility index (Phi) is 2.55. The highest BCUT2D eigenvalue weighted by Crippen LogP contribution is 2.01. The van der Waals surface area contributed by atoms with Gasteiger partial charge in [0.15, 0.2) is 0 Å². The summed E-state index contributed by atoms with van der Waals surface area (Å²) in [5.74, 6) is 0. The van der Waals surface area contributed by atoms with Gasteiger partial charge < -0.3 is 5.73 Å². The van der Waals surface area contributed by atoms with Gasteiger partial charge in [0.25, 0.3) is 0 Å². The zero-order valence-corrected chi connectivity index (χ0v) is 7.80. The predicted molar refractivity (Wildman–Crippen MR) is 53.5 cm³/mol. The van der Waals surface area contributed by atoms with E-state index in [2.05, 4.69) is 10.1 Å². The van der Waals surface area contributed by atoms with Gasteiger partial charge in [0, 0.05) is 30.7 Å². The second-order valence-electron chi connectivity index (χ2n) is 3.11. The average Bonchev–Trinajstić information content (AvgIpc) is 2.67. The lowest BCUT2D eigenvalue weighted by atomic mass is 10.3. The molecule has 0 aliphatic heterocycles. The Morgan fingerprint density at radius 1 is 1.21 bits per heavy atom. The van der Waals surface area contributed by atoms with E-state index in [1.165, 1.54) is 5.56 Å². The molecule has 0 aromatic carbocycles. The molecular formula is C10H12N4. The minimum Gasteiger partial charge on any atom is -0.326 e. The highest BCUT2D eigenvalue weighted by Gasteiger charge is 1.97. The van der Waals surface area contributed by atoms with Crippen molar-refractivity contribution in [1.82, 2.24) is 14.8 Å². The van der Waals surface area contributed by atoms with Crippen LogP contribution in [-0.4, -0.2) is 14.8 Å². The normalized spacial score (nSPS) is 10.4. The van der Waals surface area contributed by atoms with Crippen molar-refractivity contribution >= 4 is 0 Å². The first-order chi connectivity index (χ1) is 6.88. The van der Waals surface area contributed by atoms with E-state index in [0.717, 1.165) is 12.1 Å². The predicted octanol–water partition coefficient (Wildman–Crippen LogP) is 0.785. The van der Waals surface area contributed by atoms with Crippen LogP contribution in [0.4, 0.5) is 0 Å². The van der Waals surface area contributed by atoms with Gasteiger partial charge in [-0.3, -0.25) is 9.67 Å². The summed E-state index contributed by atoms with van der Waals surface area (Å²) in [6.45, 7) is 1.30. The van der Waals surface area contributed by atoms with Crippen molar-refractivity contribution in [2.45, 2.75) is 13.1 Å². The molecule has 0 unspecified atom stereocenters. The molecule has 0 saturated carbocycles. The van der Waals surface area contributed by atoms with E-state index in [1.807, 2.05) is 23.0 Å². The molecule has 2 N–H and O–H groups in total. The van der Waals surface area contributed by atoms with Crippen LogP contribution in [0.3, 0.4) is 0 Å². The van der Waals surface area contributed by atoms with E-state index in [4.69, 9.17) is 5.73 Å². The van der Waals surface area contributed by atoms with Crippen LogP contribution in [-0.2, 0) is 13.1 Å². The van der Waals surface area contributed by atoms with Gasteiger partial charge in [-0.05, 0) is 17.7 Å². The molecule has 4 heteroatoms. The van der Waals surface area contributed by atoms with Gasteiger partial charge in [0.1, 0.15) is 0 Å². The van der Waals surface area contributed by atoms with Gasteiger partial charge >= 0.3 is 0 Å². The standard InChI is InChI=1S/C10H12N4/c11-5-10-6-13-14(8-10)7-9-1-3-12-4-2-9/h1-4,6,8H,5,7,11H2. The highest BCUT2D eigenvalue weighted by molar-refractivity contribution is 5.11. The molecular weight excluding hydrogens is 176 g/mol. The number of hydrogen-bond acceptors (Lipinski definition) is 3. The molecule has 0 spiro atoms. The molecule has 0 amide bonds. The van der Waals surface area contributed by atoms with Gasteiger partial charge in [-0.25, -0.2) is 0 Å². The van der Waals surface area contributed by atoms with Crippen molar-refractivity contribution in [3.05, 3.63) is 48.0 Å². The lowest BCUT2D eigenvalue weighted by molar-refractivity contribution is 0.685. The highest BCUT2D eigenvalue weighted by atomic mass is 15.3. The van der Waals surface area contributed by atoms with Crippen molar-refractivity contribution in [2.24, 2.45) is 5.73 Å². The molecule has 14 heavy (non-hydrogen) atoms. The van der Waals surface area contributed by atoms with Crippen LogP contribution in [0.2, 0.25) is 0 Å². The number of hydrogen-bond donors (Lipinski definition) is 1. The zero-order valence-electron chi connectivity index (χ0n) is 7.80. The molecule has 0 aliphatic rings. The second-order valence-corrected chi connectivity index (χ2v) is 3.11. The largest absolute Gasteiger partial charge is 0.326 e. The van der Waals surface area contributed by atoms with E-state index in [9.17, 15) is 0 Å². The summed E-state index contributed by atoms with van der Waals surface area (Å²) in [5.41, 5.74) is 7.73. The van der Waals surface area contributed by atoms with Crippen molar-refractivity contribution in [3.8, 4) is 0 Å². The minimum atomic E-state index is 0.538. The third-order valence-corrected chi connectivity index (χ3v) is 2.02. The van der Waals surface area contributed by atoms with Gasteiger partial charge in [-0.1, -0.05) is 0 Å². The zero-order chi connectivity index (χ0) is 9.80. The van der Waals surface area contributed by atoms with Crippen molar-refractivity contribution in [2.75, 3.05) is 0 Å². The third-order valence-electron chi connectivity index (χ3n) is 2.02. The Labute approximate surface area is 82.4 Å². The maximum absolute atomic E-state index is 5.49. The Hall–Kier alpha value is -1.68.